The molecule has 3 heteroatoms. The normalized spacial score (nSPS) is 12.2. The Bertz CT molecular complexity index is 256. The molecule has 0 aliphatic carbocycles. The topological polar surface area (TPSA) is 42.4 Å². The predicted molar refractivity (Wildman–Crippen MR) is 45.9 cm³/mol. The fraction of sp³-hybridized carbons (Fsp3) is 0.222. The van der Waals surface area contributed by atoms with Gasteiger partial charge in [-0.25, -0.2) is 4.98 Å². The Kier molecular flexibility index (Phi) is 2.82. The number of hydrogen-bond donors (Lipinski definition) is 1. The molecule has 1 N–H and O–H groups in total. The van der Waals surface area contributed by atoms with Crippen LogP contribution in [0, 0.1) is 0 Å². The summed E-state index contributed by atoms with van der Waals surface area (Å²) >= 11 is 0. The smallest absolute Gasteiger partial charge is 0.212 e. The lowest BCUT2D eigenvalue weighted by molar-refractivity contribution is 0.228. The molecule has 0 aromatic carbocycles. The molecule has 0 aliphatic rings. The summed E-state index contributed by atoms with van der Waals surface area (Å²) < 4.78 is 4.86. The monoisotopic (exact) mass is 165 g/mol. The number of rotatable bonds is 3. The van der Waals surface area contributed by atoms with Crippen LogP contribution in [-0.2, 0) is 0 Å². The van der Waals surface area contributed by atoms with Crippen molar-refractivity contribution < 1.29 is 9.84 Å². The molecule has 12 heavy (non-hydrogen) atoms. The minimum Gasteiger partial charge on any atom is -0.481 e. The Morgan fingerprint density at radius 3 is 2.83 bits per heavy atom. The van der Waals surface area contributed by atoms with Crippen molar-refractivity contribution in [2.75, 3.05) is 7.11 Å². The molecule has 64 valence electrons. The second-order valence-electron chi connectivity index (χ2n) is 2.31. The molecule has 0 amide bonds. The van der Waals surface area contributed by atoms with Gasteiger partial charge in [-0.05, 0) is 6.07 Å². The van der Waals surface area contributed by atoms with Crippen LogP contribution < -0.4 is 4.74 Å². The summed E-state index contributed by atoms with van der Waals surface area (Å²) in [6.45, 7) is 3.47. The molecule has 1 aromatic rings. The second kappa shape index (κ2) is 3.88. The average molecular weight is 165 g/mol. The fourth-order valence-electron chi connectivity index (χ4n) is 0.824. The highest BCUT2D eigenvalue weighted by molar-refractivity contribution is 5.21. The van der Waals surface area contributed by atoms with E-state index in [0.717, 1.165) is 0 Å². The summed E-state index contributed by atoms with van der Waals surface area (Å²) in [5.74, 6) is 0.537. The molecule has 0 fully saturated rings. The summed E-state index contributed by atoms with van der Waals surface area (Å²) in [5, 5.41) is 9.29. The number of methoxy groups -OCH3 is 1. The Morgan fingerprint density at radius 1 is 1.67 bits per heavy atom. The highest BCUT2D eigenvalue weighted by Crippen LogP contribution is 2.14. The van der Waals surface area contributed by atoms with E-state index in [1.54, 1.807) is 25.4 Å². The first-order valence-electron chi connectivity index (χ1n) is 3.58. The minimum atomic E-state index is -0.650. The summed E-state index contributed by atoms with van der Waals surface area (Å²) in [6.07, 6.45) is 2.36. The molecule has 0 radical (unpaired) electrons. The lowest BCUT2D eigenvalue weighted by atomic mass is 10.2. The first-order chi connectivity index (χ1) is 5.77. The minimum absolute atomic E-state index is 0.537. The van der Waals surface area contributed by atoms with E-state index in [-0.39, 0.29) is 0 Å². The Balaban J connectivity index is 2.84. The summed E-state index contributed by atoms with van der Waals surface area (Å²) in [4.78, 5) is 3.94. The van der Waals surface area contributed by atoms with Crippen LogP contribution in [0.5, 0.6) is 5.88 Å². The van der Waals surface area contributed by atoms with Gasteiger partial charge in [0.1, 0.15) is 0 Å². The molecular weight excluding hydrogens is 154 g/mol. The van der Waals surface area contributed by atoms with Gasteiger partial charge in [-0.3, -0.25) is 0 Å². The van der Waals surface area contributed by atoms with Gasteiger partial charge in [0.2, 0.25) is 5.88 Å². The molecule has 3 nitrogen and oxygen atoms in total. The summed E-state index contributed by atoms with van der Waals surface area (Å²) in [5.41, 5.74) is 0.714. The molecule has 1 heterocycles. The number of nitrogens with zero attached hydrogens (tertiary/aromatic N) is 1. The van der Waals surface area contributed by atoms with Gasteiger partial charge in [0, 0.05) is 17.8 Å². The van der Waals surface area contributed by atoms with Gasteiger partial charge in [0.05, 0.1) is 13.2 Å². The third kappa shape index (κ3) is 1.83. The number of hydrogen-bond acceptors (Lipinski definition) is 3. The first-order valence-corrected chi connectivity index (χ1v) is 3.58. The maximum atomic E-state index is 9.29. The van der Waals surface area contributed by atoms with Crippen molar-refractivity contribution in [2.45, 2.75) is 6.10 Å². The first kappa shape index (κ1) is 8.74. The molecule has 1 rings (SSSR count). The van der Waals surface area contributed by atoms with Crippen LogP contribution in [0.1, 0.15) is 11.7 Å². The van der Waals surface area contributed by atoms with Gasteiger partial charge in [0.25, 0.3) is 0 Å². The number of pyridine rings is 1. The highest BCUT2D eigenvalue weighted by Gasteiger charge is 2.02. The van der Waals surface area contributed by atoms with Crippen molar-refractivity contribution in [3.63, 3.8) is 0 Å². The Hall–Kier alpha value is -1.35. The molecule has 0 aliphatic heterocycles. The van der Waals surface area contributed by atoms with Crippen molar-refractivity contribution in [2.24, 2.45) is 0 Å². The third-order valence-electron chi connectivity index (χ3n) is 1.53. The highest BCUT2D eigenvalue weighted by atomic mass is 16.5. The van der Waals surface area contributed by atoms with Gasteiger partial charge in [0.15, 0.2) is 0 Å². The molecule has 0 bridgehead atoms. The van der Waals surface area contributed by atoms with Crippen molar-refractivity contribution in [3.05, 3.63) is 36.5 Å². The van der Waals surface area contributed by atoms with Crippen LogP contribution in [0.2, 0.25) is 0 Å². The van der Waals surface area contributed by atoms with Gasteiger partial charge in [-0.1, -0.05) is 6.08 Å². The van der Waals surface area contributed by atoms with E-state index in [9.17, 15) is 5.11 Å². The van der Waals surface area contributed by atoms with E-state index in [0.29, 0.717) is 11.4 Å². The van der Waals surface area contributed by atoms with Crippen LogP contribution in [0.15, 0.2) is 31.0 Å². The van der Waals surface area contributed by atoms with Gasteiger partial charge < -0.3 is 9.84 Å². The zero-order chi connectivity index (χ0) is 8.97. The number of ether oxygens (including phenoxy) is 1. The Labute approximate surface area is 71.3 Å². The van der Waals surface area contributed by atoms with Crippen LogP contribution in [0.25, 0.3) is 0 Å². The fourth-order valence-corrected chi connectivity index (χ4v) is 0.824. The number of aliphatic hydroxyl groups is 1. The lowest BCUT2D eigenvalue weighted by Crippen LogP contribution is -1.94. The molecule has 1 atom stereocenters. The van der Waals surface area contributed by atoms with Gasteiger partial charge in [-0.15, -0.1) is 6.58 Å². The number of aliphatic hydroxyl groups excluding tert-OH is 1. The zero-order valence-electron chi connectivity index (χ0n) is 6.90. The van der Waals surface area contributed by atoms with Crippen molar-refractivity contribution in [3.8, 4) is 5.88 Å². The van der Waals surface area contributed by atoms with E-state index in [2.05, 4.69) is 11.6 Å². The maximum absolute atomic E-state index is 9.29. The van der Waals surface area contributed by atoms with Crippen molar-refractivity contribution in [1.82, 2.24) is 4.98 Å². The number of aromatic nitrogens is 1. The quantitative estimate of drug-likeness (QED) is 0.686. The molecule has 0 spiro atoms. The maximum Gasteiger partial charge on any atom is 0.212 e. The average Bonchev–Trinajstić information content (AvgIpc) is 2.17. The largest absolute Gasteiger partial charge is 0.481 e. The molecule has 0 unspecified atom stereocenters. The van der Waals surface area contributed by atoms with Crippen LogP contribution in [0.4, 0.5) is 0 Å². The van der Waals surface area contributed by atoms with E-state index in [4.69, 9.17) is 4.74 Å². The Morgan fingerprint density at radius 2 is 2.42 bits per heavy atom. The van der Waals surface area contributed by atoms with Gasteiger partial charge in [-0.2, -0.15) is 0 Å². The zero-order valence-corrected chi connectivity index (χ0v) is 6.90. The lowest BCUT2D eigenvalue weighted by Gasteiger charge is -2.04. The van der Waals surface area contributed by atoms with E-state index in [1.165, 1.54) is 6.08 Å². The van der Waals surface area contributed by atoms with E-state index in [1.807, 2.05) is 0 Å². The van der Waals surface area contributed by atoms with Crippen LogP contribution in [-0.4, -0.2) is 17.2 Å². The third-order valence-corrected chi connectivity index (χ3v) is 1.53. The standard InChI is InChI=1S/C9H11NO2/c1-3-8(11)7-4-5-9(12-2)10-6-7/h3-6,8,11H,1H2,2H3/t8-/m1/s1. The second-order valence-corrected chi connectivity index (χ2v) is 2.31. The predicted octanol–water partition coefficient (Wildman–Crippen LogP) is 1.31. The van der Waals surface area contributed by atoms with Gasteiger partial charge >= 0.3 is 0 Å². The van der Waals surface area contributed by atoms with Crippen molar-refractivity contribution in [1.29, 1.82) is 0 Å². The molecule has 0 saturated carbocycles. The van der Waals surface area contributed by atoms with Crippen LogP contribution in [0.3, 0.4) is 0 Å². The molecule has 0 saturated heterocycles. The van der Waals surface area contributed by atoms with Crippen LogP contribution >= 0.6 is 0 Å². The summed E-state index contributed by atoms with van der Waals surface area (Å²) in [6, 6.07) is 3.44. The summed E-state index contributed by atoms with van der Waals surface area (Å²) in [7, 11) is 1.55. The van der Waals surface area contributed by atoms with E-state index >= 15 is 0 Å². The molecular formula is C9H11NO2. The van der Waals surface area contributed by atoms with Crippen molar-refractivity contribution >= 4 is 0 Å². The SMILES string of the molecule is C=C[C@@H](O)c1ccc(OC)nc1. The van der Waals surface area contributed by atoms with E-state index < -0.39 is 6.10 Å². The molecule has 1 aromatic heterocycles.